The molecule has 1 unspecified atom stereocenters. The zero-order valence-corrected chi connectivity index (χ0v) is 18.0. The van der Waals surface area contributed by atoms with Gasteiger partial charge in [0.1, 0.15) is 17.0 Å². The molecule has 0 bridgehead atoms. The van der Waals surface area contributed by atoms with Gasteiger partial charge in [0, 0.05) is 25.2 Å². The predicted molar refractivity (Wildman–Crippen MR) is 119 cm³/mol. The maximum absolute atomic E-state index is 5.68. The fourth-order valence-electron chi connectivity index (χ4n) is 4.04. The molecule has 0 radical (unpaired) electrons. The van der Waals surface area contributed by atoms with Gasteiger partial charge in [0.05, 0.1) is 11.3 Å². The standard InChI is InChI=1S/C22H24N6OS/c1-27(2)12-15-5-7-16(8-6-15)19-25-21(29-26-19)17-4-3-10-28(13-17)20-18-9-11-30-22(18)24-14-23-20/h5-9,11,14,17H,3-4,10,12-13H2,1-2H3. The van der Waals surface area contributed by atoms with Crippen LogP contribution >= 0.6 is 11.3 Å². The number of aromatic nitrogens is 4. The highest BCUT2D eigenvalue weighted by Gasteiger charge is 2.28. The third-order valence-corrected chi connectivity index (χ3v) is 6.28. The van der Waals surface area contributed by atoms with Crippen LogP contribution < -0.4 is 4.90 Å². The van der Waals surface area contributed by atoms with Crippen molar-refractivity contribution in [2.45, 2.75) is 25.3 Å². The Kier molecular flexibility index (Phi) is 5.18. The van der Waals surface area contributed by atoms with Gasteiger partial charge in [0.25, 0.3) is 0 Å². The number of hydrogen-bond donors (Lipinski definition) is 0. The molecular formula is C22H24N6OS. The van der Waals surface area contributed by atoms with Crippen LogP contribution in [0.4, 0.5) is 5.82 Å². The molecule has 4 heterocycles. The number of hydrogen-bond acceptors (Lipinski definition) is 8. The lowest BCUT2D eigenvalue weighted by molar-refractivity contribution is 0.333. The van der Waals surface area contributed by atoms with Crippen LogP contribution in [0, 0.1) is 0 Å². The second-order valence-electron chi connectivity index (χ2n) is 8.01. The lowest BCUT2D eigenvalue weighted by Crippen LogP contribution is -2.35. The van der Waals surface area contributed by atoms with E-state index in [9.17, 15) is 0 Å². The second kappa shape index (κ2) is 8.12. The molecule has 3 aromatic heterocycles. The van der Waals surface area contributed by atoms with Crippen molar-refractivity contribution < 1.29 is 4.52 Å². The van der Waals surface area contributed by atoms with Gasteiger partial charge >= 0.3 is 0 Å². The molecule has 1 aliphatic rings. The highest BCUT2D eigenvalue weighted by Crippen LogP contribution is 2.33. The van der Waals surface area contributed by atoms with E-state index in [1.165, 1.54) is 5.56 Å². The van der Waals surface area contributed by atoms with Gasteiger partial charge in [-0.15, -0.1) is 11.3 Å². The smallest absolute Gasteiger partial charge is 0.231 e. The normalized spacial score (nSPS) is 17.2. The summed E-state index contributed by atoms with van der Waals surface area (Å²) in [6.07, 6.45) is 3.76. The van der Waals surface area contributed by atoms with Gasteiger partial charge in [-0.2, -0.15) is 4.98 Å². The van der Waals surface area contributed by atoms with Gasteiger partial charge in [0.15, 0.2) is 0 Å². The second-order valence-corrected chi connectivity index (χ2v) is 8.91. The highest BCUT2D eigenvalue weighted by atomic mass is 32.1. The Balaban J connectivity index is 1.34. The number of rotatable bonds is 5. The first kappa shape index (κ1) is 19.1. The van der Waals surface area contributed by atoms with Crippen molar-refractivity contribution >= 4 is 27.4 Å². The average Bonchev–Trinajstić information content (AvgIpc) is 3.44. The van der Waals surface area contributed by atoms with Crippen molar-refractivity contribution in [3.63, 3.8) is 0 Å². The van der Waals surface area contributed by atoms with E-state index in [-0.39, 0.29) is 5.92 Å². The number of piperidine rings is 1. The van der Waals surface area contributed by atoms with E-state index in [4.69, 9.17) is 9.51 Å². The number of nitrogens with zero attached hydrogens (tertiary/aromatic N) is 6. The Morgan fingerprint density at radius 3 is 2.87 bits per heavy atom. The molecular weight excluding hydrogens is 396 g/mol. The number of fused-ring (bicyclic) bond motifs is 1. The molecule has 0 N–H and O–H groups in total. The largest absolute Gasteiger partial charge is 0.355 e. The molecule has 0 amide bonds. The highest BCUT2D eigenvalue weighted by molar-refractivity contribution is 7.16. The molecule has 5 rings (SSSR count). The first-order valence-electron chi connectivity index (χ1n) is 10.2. The van der Waals surface area contributed by atoms with E-state index >= 15 is 0 Å². The van der Waals surface area contributed by atoms with Crippen LogP contribution in [0.5, 0.6) is 0 Å². The van der Waals surface area contributed by atoms with Gasteiger partial charge in [0.2, 0.25) is 11.7 Å². The van der Waals surface area contributed by atoms with Crippen molar-refractivity contribution in [2.75, 3.05) is 32.1 Å². The van der Waals surface area contributed by atoms with E-state index in [0.29, 0.717) is 11.7 Å². The molecule has 0 saturated carbocycles. The summed E-state index contributed by atoms with van der Waals surface area (Å²) in [7, 11) is 4.13. The van der Waals surface area contributed by atoms with Gasteiger partial charge in [-0.05, 0) is 43.9 Å². The van der Waals surface area contributed by atoms with Crippen LogP contribution in [0.3, 0.4) is 0 Å². The molecule has 8 heteroatoms. The third kappa shape index (κ3) is 3.80. The van der Waals surface area contributed by atoms with E-state index in [1.807, 2.05) is 0 Å². The Labute approximate surface area is 179 Å². The maximum Gasteiger partial charge on any atom is 0.231 e. The molecule has 154 valence electrons. The molecule has 4 aromatic rings. The van der Waals surface area contributed by atoms with Crippen molar-refractivity contribution in [1.29, 1.82) is 0 Å². The molecule has 30 heavy (non-hydrogen) atoms. The molecule has 0 aliphatic carbocycles. The van der Waals surface area contributed by atoms with Crippen molar-refractivity contribution in [1.82, 2.24) is 25.0 Å². The third-order valence-electron chi connectivity index (χ3n) is 5.46. The van der Waals surface area contributed by atoms with E-state index in [0.717, 1.165) is 54.1 Å². The Morgan fingerprint density at radius 1 is 1.17 bits per heavy atom. The van der Waals surface area contributed by atoms with Crippen LogP contribution in [0.25, 0.3) is 21.6 Å². The number of benzene rings is 1. The van der Waals surface area contributed by atoms with E-state index < -0.39 is 0 Å². The van der Waals surface area contributed by atoms with Gasteiger partial charge < -0.3 is 14.3 Å². The van der Waals surface area contributed by atoms with Gasteiger partial charge in [-0.25, -0.2) is 9.97 Å². The predicted octanol–water partition coefficient (Wildman–Crippen LogP) is 4.19. The zero-order valence-electron chi connectivity index (χ0n) is 17.2. The molecule has 1 aliphatic heterocycles. The average molecular weight is 421 g/mol. The van der Waals surface area contributed by atoms with Crippen LogP contribution in [-0.4, -0.2) is 52.2 Å². The van der Waals surface area contributed by atoms with Gasteiger partial charge in [-0.1, -0.05) is 29.4 Å². The minimum atomic E-state index is 0.205. The SMILES string of the molecule is CN(C)Cc1ccc(-c2noc(C3CCCN(c4ncnc5sccc45)C3)n2)cc1. The summed E-state index contributed by atoms with van der Waals surface area (Å²) in [5.74, 6) is 2.57. The minimum absolute atomic E-state index is 0.205. The summed E-state index contributed by atoms with van der Waals surface area (Å²) in [6, 6.07) is 10.5. The Morgan fingerprint density at radius 2 is 2.03 bits per heavy atom. The Hall–Kier alpha value is -2.84. The molecule has 1 fully saturated rings. The topological polar surface area (TPSA) is 71.2 Å². The monoisotopic (exact) mass is 420 g/mol. The van der Waals surface area contributed by atoms with Crippen molar-refractivity contribution in [2.24, 2.45) is 0 Å². The minimum Gasteiger partial charge on any atom is -0.355 e. The van der Waals surface area contributed by atoms with Crippen molar-refractivity contribution in [3.8, 4) is 11.4 Å². The van der Waals surface area contributed by atoms with E-state index in [1.54, 1.807) is 17.7 Å². The van der Waals surface area contributed by atoms with E-state index in [2.05, 4.69) is 74.7 Å². The zero-order chi connectivity index (χ0) is 20.5. The number of anilines is 1. The molecule has 1 atom stereocenters. The lowest BCUT2D eigenvalue weighted by atomic mass is 9.98. The van der Waals surface area contributed by atoms with Crippen LogP contribution in [0.15, 0.2) is 46.6 Å². The number of thiophene rings is 1. The summed E-state index contributed by atoms with van der Waals surface area (Å²) in [4.78, 5) is 19.2. The Bertz CT molecular complexity index is 1140. The van der Waals surface area contributed by atoms with Gasteiger partial charge in [-0.3, -0.25) is 0 Å². The summed E-state index contributed by atoms with van der Waals surface area (Å²) in [6.45, 7) is 2.72. The molecule has 7 nitrogen and oxygen atoms in total. The first-order chi connectivity index (χ1) is 14.7. The summed E-state index contributed by atoms with van der Waals surface area (Å²) in [5.41, 5.74) is 2.25. The quantitative estimate of drug-likeness (QED) is 0.479. The first-order valence-corrected chi connectivity index (χ1v) is 11.1. The maximum atomic E-state index is 5.68. The summed E-state index contributed by atoms with van der Waals surface area (Å²) >= 11 is 1.65. The summed E-state index contributed by atoms with van der Waals surface area (Å²) < 4.78 is 5.68. The van der Waals surface area contributed by atoms with Crippen LogP contribution in [0.2, 0.25) is 0 Å². The fraction of sp³-hybridized carbons (Fsp3) is 0.364. The fourth-order valence-corrected chi connectivity index (χ4v) is 4.77. The molecule has 1 saturated heterocycles. The molecule has 0 spiro atoms. The lowest BCUT2D eigenvalue weighted by Gasteiger charge is -2.32. The summed E-state index contributed by atoms with van der Waals surface area (Å²) in [5, 5.41) is 7.44. The molecule has 1 aromatic carbocycles. The van der Waals surface area contributed by atoms with Crippen LogP contribution in [-0.2, 0) is 6.54 Å². The van der Waals surface area contributed by atoms with Crippen LogP contribution in [0.1, 0.15) is 30.2 Å². The van der Waals surface area contributed by atoms with Crippen molar-refractivity contribution in [3.05, 3.63) is 53.5 Å².